The fourth-order valence-electron chi connectivity index (χ4n) is 3.43. The maximum atomic E-state index is 12.2. The summed E-state index contributed by atoms with van der Waals surface area (Å²) < 4.78 is 5.46. The molecule has 0 saturated heterocycles. The second kappa shape index (κ2) is 8.02. The van der Waals surface area contributed by atoms with Gasteiger partial charge in [0, 0.05) is 12.6 Å². The molecule has 0 aromatic carbocycles. The number of aliphatic imine (C=N–C) groups is 1. The zero-order chi connectivity index (χ0) is 16.9. The summed E-state index contributed by atoms with van der Waals surface area (Å²) in [5.74, 6) is 1.85. The lowest BCUT2D eigenvalue weighted by atomic mass is 9.83. The molecule has 23 heavy (non-hydrogen) atoms. The van der Waals surface area contributed by atoms with Crippen LogP contribution in [0.4, 0.5) is 4.79 Å². The second-order valence-electron chi connectivity index (χ2n) is 7.88. The van der Waals surface area contributed by atoms with Crippen LogP contribution in [0.2, 0.25) is 0 Å². The maximum absolute atomic E-state index is 12.2. The van der Waals surface area contributed by atoms with Crippen molar-refractivity contribution in [3.8, 4) is 0 Å². The van der Waals surface area contributed by atoms with Crippen molar-refractivity contribution in [2.24, 2.45) is 10.9 Å². The number of rotatable bonds is 3. The van der Waals surface area contributed by atoms with Crippen LogP contribution in [-0.2, 0) is 4.74 Å². The van der Waals surface area contributed by atoms with Gasteiger partial charge in [0.2, 0.25) is 0 Å². The molecule has 0 aromatic rings. The standard InChI is InChI=1S/C18H33N3O2/c1-5-6-14-7-9-15(10-8-14)20-16-13-21(12-11-19-16)17(22)23-18(2,3)4/h14-15H,5-13H2,1-4H3,(H,19,20). The summed E-state index contributed by atoms with van der Waals surface area (Å²) in [5.41, 5.74) is -0.447. The fourth-order valence-corrected chi connectivity index (χ4v) is 3.43. The smallest absolute Gasteiger partial charge is 0.410 e. The van der Waals surface area contributed by atoms with Crippen molar-refractivity contribution < 1.29 is 9.53 Å². The maximum Gasteiger partial charge on any atom is 0.410 e. The Morgan fingerprint density at radius 1 is 1.30 bits per heavy atom. The van der Waals surface area contributed by atoms with Crippen molar-refractivity contribution in [3.63, 3.8) is 0 Å². The topological polar surface area (TPSA) is 53.9 Å². The van der Waals surface area contributed by atoms with Gasteiger partial charge < -0.3 is 10.1 Å². The van der Waals surface area contributed by atoms with Gasteiger partial charge in [-0.25, -0.2) is 4.79 Å². The zero-order valence-corrected chi connectivity index (χ0v) is 15.2. The Balaban J connectivity index is 1.78. The van der Waals surface area contributed by atoms with Crippen LogP contribution >= 0.6 is 0 Å². The highest BCUT2D eigenvalue weighted by molar-refractivity contribution is 5.88. The summed E-state index contributed by atoms with van der Waals surface area (Å²) in [6.07, 6.45) is 7.48. The third kappa shape index (κ3) is 6.04. The van der Waals surface area contributed by atoms with Crippen LogP contribution in [-0.4, -0.2) is 48.1 Å². The summed E-state index contributed by atoms with van der Waals surface area (Å²) in [6, 6.07) is 0.514. The van der Waals surface area contributed by atoms with Crippen LogP contribution in [0.5, 0.6) is 0 Å². The zero-order valence-electron chi connectivity index (χ0n) is 15.2. The van der Waals surface area contributed by atoms with Gasteiger partial charge in [0.05, 0.1) is 13.1 Å². The van der Waals surface area contributed by atoms with Gasteiger partial charge in [0.1, 0.15) is 11.4 Å². The number of ether oxygens (including phenoxy) is 1. The van der Waals surface area contributed by atoms with Crippen LogP contribution in [0.1, 0.15) is 66.2 Å². The van der Waals surface area contributed by atoms with Gasteiger partial charge in [-0.2, -0.15) is 0 Å². The molecule has 2 rings (SSSR count). The van der Waals surface area contributed by atoms with E-state index in [1.807, 2.05) is 20.8 Å². The van der Waals surface area contributed by atoms with Gasteiger partial charge in [0.15, 0.2) is 0 Å². The number of hydrogen-bond acceptors (Lipinski definition) is 4. The fraction of sp³-hybridized carbons (Fsp3) is 0.889. The molecule has 1 saturated carbocycles. The van der Waals surface area contributed by atoms with Gasteiger partial charge in [-0.1, -0.05) is 19.8 Å². The highest BCUT2D eigenvalue weighted by atomic mass is 16.6. The lowest BCUT2D eigenvalue weighted by Crippen LogP contribution is -2.49. The molecule has 1 aliphatic carbocycles. The molecular weight excluding hydrogens is 290 g/mol. The molecule has 5 heteroatoms. The van der Waals surface area contributed by atoms with Gasteiger partial charge in [-0.05, 0) is 52.4 Å². The number of amides is 1. The Labute approximate surface area is 140 Å². The lowest BCUT2D eigenvalue weighted by Gasteiger charge is -2.33. The first-order valence-electron chi connectivity index (χ1n) is 9.15. The molecule has 132 valence electrons. The normalized spacial score (nSPS) is 25.7. The summed E-state index contributed by atoms with van der Waals surface area (Å²) >= 11 is 0. The molecule has 0 unspecified atom stereocenters. The van der Waals surface area contributed by atoms with Crippen molar-refractivity contribution in [3.05, 3.63) is 0 Å². The van der Waals surface area contributed by atoms with Crippen LogP contribution in [0.3, 0.4) is 0 Å². The summed E-state index contributed by atoms with van der Waals surface area (Å²) in [6.45, 7) is 9.82. The molecule has 1 aliphatic heterocycles. The van der Waals surface area contributed by atoms with E-state index in [9.17, 15) is 4.79 Å². The molecule has 0 bridgehead atoms. The minimum absolute atomic E-state index is 0.238. The molecule has 1 N–H and O–H groups in total. The molecular formula is C18H33N3O2. The van der Waals surface area contributed by atoms with E-state index in [-0.39, 0.29) is 6.09 Å². The van der Waals surface area contributed by atoms with Crippen LogP contribution < -0.4 is 5.32 Å². The number of nitrogens with zero attached hydrogens (tertiary/aromatic N) is 2. The summed E-state index contributed by atoms with van der Waals surface area (Å²) in [7, 11) is 0. The molecule has 1 amide bonds. The molecule has 0 spiro atoms. The molecule has 0 radical (unpaired) electrons. The molecule has 5 nitrogen and oxygen atoms in total. The predicted octanol–water partition coefficient (Wildman–Crippen LogP) is 3.58. The highest BCUT2D eigenvalue weighted by Gasteiger charge is 2.27. The first kappa shape index (κ1) is 18.1. The van der Waals surface area contributed by atoms with Crippen molar-refractivity contribution in [1.82, 2.24) is 10.2 Å². The number of nitrogens with one attached hydrogen (secondary N) is 1. The average Bonchev–Trinajstić information content (AvgIpc) is 2.48. The molecule has 0 atom stereocenters. The quantitative estimate of drug-likeness (QED) is 0.863. The number of carbonyl (C=O) groups is 1. The Kier molecular flexibility index (Phi) is 6.31. The predicted molar refractivity (Wildman–Crippen MR) is 93.9 cm³/mol. The van der Waals surface area contributed by atoms with E-state index in [4.69, 9.17) is 4.74 Å². The summed E-state index contributed by atoms with van der Waals surface area (Å²) in [4.78, 5) is 18.5. The van der Waals surface area contributed by atoms with Crippen molar-refractivity contribution >= 4 is 11.9 Å². The number of amidine groups is 1. The van der Waals surface area contributed by atoms with Crippen molar-refractivity contribution in [2.75, 3.05) is 19.6 Å². The molecule has 1 heterocycles. The Hall–Kier alpha value is -1.26. The first-order valence-corrected chi connectivity index (χ1v) is 9.15. The van der Waals surface area contributed by atoms with Crippen LogP contribution in [0.15, 0.2) is 4.99 Å². The van der Waals surface area contributed by atoms with Gasteiger partial charge in [-0.3, -0.25) is 9.89 Å². The number of hydrogen-bond donors (Lipinski definition) is 1. The van der Waals surface area contributed by atoms with E-state index in [2.05, 4.69) is 17.2 Å². The van der Waals surface area contributed by atoms with E-state index in [1.54, 1.807) is 4.90 Å². The largest absolute Gasteiger partial charge is 0.444 e. The Morgan fingerprint density at radius 3 is 2.61 bits per heavy atom. The minimum Gasteiger partial charge on any atom is -0.444 e. The Bertz CT molecular complexity index is 420. The van der Waals surface area contributed by atoms with Gasteiger partial charge in [-0.15, -0.1) is 0 Å². The van der Waals surface area contributed by atoms with Crippen LogP contribution in [0.25, 0.3) is 0 Å². The highest BCUT2D eigenvalue weighted by Crippen LogP contribution is 2.27. The lowest BCUT2D eigenvalue weighted by molar-refractivity contribution is 0.0276. The third-order valence-corrected chi connectivity index (χ3v) is 4.58. The molecule has 2 aliphatic rings. The Morgan fingerprint density at radius 2 is 2.00 bits per heavy atom. The second-order valence-corrected chi connectivity index (χ2v) is 7.88. The van der Waals surface area contributed by atoms with Gasteiger partial charge in [0.25, 0.3) is 0 Å². The van der Waals surface area contributed by atoms with Crippen molar-refractivity contribution in [1.29, 1.82) is 0 Å². The SMILES string of the molecule is CCCC1CCC(NC2=NCCN(C(=O)OC(C)(C)C)C2)CC1. The van der Waals surface area contributed by atoms with Crippen LogP contribution in [0, 0.1) is 5.92 Å². The molecule has 0 aromatic heterocycles. The van der Waals surface area contributed by atoms with E-state index in [1.165, 1.54) is 38.5 Å². The third-order valence-electron chi connectivity index (χ3n) is 4.58. The average molecular weight is 323 g/mol. The number of carbonyl (C=O) groups excluding carboxylic acids is 1. The molecule has 1 fully saturated rings. The van der Waals surface area contributed by atoms with E-state index in [0.29, 0.717) is 25.7 Å². The van der Waals surface area contributed by atoms with Gasteiger partial charge >= 0.3 is 6.09 Å². The first-order chi connectivity index (χ1) is 10.9. The minimum atomic E-state index is -0.447. The summed E-state index contributed by atoms with van der Waals surface area (Å²) in [5, 5.41) is 3.57. The van der Waals surface area contributed by atoms with E-state index < -0.39 is 5.60 Å². The van der Waals surface area contributed by atoms with E-state index in [0.717, 1.165) is 11.8 Å². The van der Waals surface area contributed by atoms with Crippen molar-refractivity contribution in [2.45, 2.75) is 77.9 Å². The van der Waals surface area contributed by atoms with E-state index >= 15 is 0 Å². The monoisotopic (exact) mass is 323 g/mol.